The minimum Gasteiger partial charge on any atom is -0.489 e. The van der Waals surface area contributed by atoms with E-state index in [-0.39, 0.29) is 24.5 Å². The van der Waals surface area contributed by atoms with Gasteiger partial charge in [0.2, 0.25) is 5.91 Å². The molecule has 0 radical (unpaired) electrons. The Balaban J connectivity index is 1.41. The molecule has 5 aromatic rings. The van der Waals surface area contributed by atoms with Crippen LogP contribution < -0.4 is 10.1 Å². The van der Waals surface area contributed by atoms with Crippen molar-refractivity contribution in [2.24, 2.45) is 11.1 Å². The summed E-state index contributed by atoms with van der Waals surface area (Å²) in [6.45, 7) is 10.9. The maximum absolute atomic E-state index is 15.2. The molecular formula is C46H49F2N3O5Si. The summed E-state index contributed by atoms with van der Waals surface area (Å²) in [5, 5.41) is 8.07. The highest BCUT2D eigenvalue weighted by Gasteiger charge is 2.44. The highest BCUT2D eigenvalue weighted by molar-refractivity contribution is 6.74. The number of hydrogen-bond donors (Lipinski definition) is 1. The van der Waals surface area contributed by atoms with E-state index in [1.165, 1.54) is 29.2 Å². The maximum Gasteiger partial charge on any atom is 0.417 e. The number of ether oxygens (including phenoxy) is 2. The van der Waals surface area contributed by atoms with Gasteiger partial charge in [-0.3, -0.25) is 4.79 Å². The van der Waals surface area contributed by atoms with Gasteiger partial charge in [0.15, 0.2) is 0 Å². The summed E-state index contributed by atoms with van der Waals surface area (Å²) in [6.07, 6.45) is -0.320. The van der Waals surface area contributed by atoms with Gasteiger partial charge in [-0.05, 0) is 102 Å². The standard InChI is InChI=1S/C46H49F2N3O5Si/c1-46(2,3)57(4,5)56-50-41(33-16-20-36(47)21-17-33)29-28-40(44(52)51-42(31-55-45(51)53)34-14-10-7-11-15-34)43(49-38-24-22-37(48)23-25-38)35-18-26-39(27-19-35)54-30-32-12-8-6-9-13-32/h6-27,40,42-43,49H,28-31H2,1-5H3/b50-41+/t40-,42-,43-/m1/s1. The molecule has 0 unspecified atom stereocenters. The normalized spacial score (nSPS) is 15.8. The smallest absolute Gasteiger partial charge is 0.417 e. The quantitative estimate of drug-likeness (QED) is 0.0645. The molecule has 296 valence electrons. The van der Waals surface area contributed by atoms with E-state index in [0.717, 1.165) is 16.7 Å². The number of hydrogen-bond acceptors (Lipinski definition) is 7. The number of amides is 2. The van der Waals surface area contributed by atoms with Crippen molar-refractivity contribution in [3.8, 4) is 5.75 Å². The van der Waals surface area contributed by atoms with Crippen molar-refractivity contribution in [1.29, 1.82) is 0 Å². The van der Waals surface area contributed by atoms with Gasteiger partial charge >= 0.3 is 6.09 Å². The fourth-order valence-corrected chi connectivity index (χ4v) is 6.95. The second-order valence-corrected chi connectivity index (χ2v) is 20.4. The molecule has 1 aliphatic heterocycles. The first-order valence-corrected chi connectivity index (χ1v) is 22.0. The minimum atomic E-state index is -2.38. The molecule has 1 heterocycles. The molecular weight excluding hydrogens is 741 g/mol. The van der Waals surface area contributed by atoms with Crippen LogP contribution in [-0.2, 0) is 20.7 Å². The monoisotopic (exact) mass is 789 g/mol. The molecule has 11 heteroatoms. The van der Waals surface area contributed by atoms with Gasteiger partial charge in [0.05, 0.1) is 17.7 Å². The number of halogens is 2. The molecule has 1 fully saturated rings. The summed E-state index contributed by atoms with van der Waals surface area (Å²) in [4.78, 5) is 29.9. The second-order valence-electron chi connectivity index (χ2n) is 15.7. The number of nitrogens with one attached hydrogen (secondary N) is 1. The number of carbonyl (C=O) groups excluding carboxylic acids is 2. The molecule has 0 aliphatic carbocycles. The van der Waals surface area contributed by atoms with E-state index < -0.39 is 50.0 Å². The number of rotatable bonds is 15. The number of cyclic esters (lactones) is 1. The van der Waals surface area contributed by atoms with Crippen LogP contribution in [-0.4, -0.2) is 37.5 Å². The Bertz CT molecular complexity index is 2130. The third kappa shape index (κ3) is 10.3. The minimum absolute atomic E-state index is 0.00740. The number of benzene rings is 5. The third-order valence-corrected chi connectivity index (χ3v) is 14.9. The van der Waals surface area contributed by atoms with E-state index >= 15 is 4.79 Å². The molecule has 1 aliphatic rings. The topological polar surface area (TPSA) is 89.5 Å². The van der Waals surface area contributed by atoms with Crippen molar-refractivity contribution in [3.05, 3.63) is 167 Å². The van der Waals surface area contributed by atoms with Crippen molar-refractivity contribution in [1.82, 2.24) is 4.90 Å². The predicted molar refractivity (Wildman–Crippen MR) is 221 cm³/mol. The van der Waals surface area contributed by atoms with Crippen LogP contribution in [0.1, 0.15) is 68.0 Å². The van der Waals surface area contributed by atoms with E-state index in [4.69, 9.17) is 19.2 Å². The zero-order valence-corrected chi connectivity index (χ0v) is 34.0. The van der Waals surface area contributed by atoms with Gasteiger partial charge < -0.3 is 19.3 Å². The lowest BCUT2D eigenvalue weighted by Crippen LogP contribution is -2.42. The van der Waals surface area contributed by atoms with Crippen LogP contribution in [0.4, 0.5) is 19.3 Å². The first-order valence-electron chi connectivity index (χ1n) is 19.1. The van der Waals surface area contributed by atoms with Crippen molar-refractivity contribution in [2.45, 2.75) is 70.4 Å². The Hall–Kier alpha value is -5.81. The van der Waals surface area contributed by atoms with E-state index in [0.29, 0.717) is 29.3 Å². The van der Waals surface area contributed by atoms with Crippen LogP contribution in [0.15, 0.2) is 139 Å². The zero-order chi connectivity index (χ0) is 40.6. The maximum atomic E-state index is 15.2. The summed E-state index contributed by atoms with van der Waals surface area (Å²) in [6, 6.07) is 37.1. The van der Waals surface area contributed by atoms with E-state index in [1.54, 1.807) is 24.3 Å². The van der Waals surface area contributed by atoms with Crippen molar-refractivity contribution >= 4 is 31.7 Å². The molecule has 2 amide bonds. The van der Waals surface area contributed by atoms with Gasteiger partial charge in [0, 0.05) is 5.69 Å². The van der Waals surface area contributed by atoms with Crippen LogP contribution in [0.5, 0.6) is 5.75 Å². The van der Waals surface area contributed by atoms with Gasteiger partial charge in [0.1, 0.15) is 36.6 Å². The Morgan fingerprint density at radius 2 is 1.46 bits per heavy atom. The first kappa shape index (κ1) is 40.8. The predicted octanol–water partition coefficient (Wildman–Crippen LogP) is 11.2. The number of carbonyl (C=O) groups is 2. The number of nitrogens with zero attached hydrogens (tertiary/aromatic N) is 2. The fraction of sp³-hybridized carbons (Fsp3) is 0.283. The Morgan fingerprint density at radius 1 is 0.860 bits per heavy atom. The lowest BCUT2D eigenvalue weighted by Gasteiger charge is -2.34. The van der Waals surface area contributed by atoms with E-state index in [9.17, 15) is 13.6 Å². The van der Waals surface area contributed by atoms with Crippen molar-refractivity contribution < 1.29 is 32.4 Å². The van der Waals surface area contributed by atoms with Gasteiger partial charge in [-0.1, -0.05) is 106 Å². The molecule has 1 saturated heterocycles. The molecule has 0 saturated carbocycles. The Kier molecular flexibility index (Phi) is 12.9. The Labute approximate surface area is 334 Å². The summed E-state index contributed by atoms with van der Waals surface area (Å²) in [5.41, 5.74) is 4.25. The molecule has 0 aromatic heterocycles. The number of oxime groups is 1. The van der Waals surface area contributed by atoms with Crippen LogP contribution in [0.3, 0.4) is 0 Å². The van der Waals surface area contributed by atoms with Gasteiger partial charge in [-0.2, -0.15) is 0 Å². The SMILES string of the molecule is CC(C)(C)[Si](C)(C)O/N=C(\CC[C@@H](C(=O)N1C(=O)OC[C@@H]1c1ccccc1)[C@H](Nc1ccc(F)cc1)c1ccc(OCc2ccccc2)cc1)c1ccc(F)cc1. The molecule has 3 atom stereocenters. The van der Waals surface area contributed by atoms with Gasteiger partial charge in [0.25, 0.3) is 8.32 Å². The summed E-state index contributed by atoms with van der Waals surface area (Å²) in [5.74, 6) is -1.53. The summed E-state index contributed by atoms with van der Waals surface area (Å²) < 4.78 is 46.3. The van der Waals surface area contributed by atoms with E-state index in [1.807, 2.05) is 84.9 Å². The Morgan fingerprint density at radius 3 is 2.07 bits per heavy atom. The molecule has 1 N–H and O–H groups in total. The first-order chi connectivity index (χ1) is 27.3. The molecule has 8 nitrogen and oxygen atoms in total. The lowest BCUT2D eigenvalue weighted by molar-refractivity contribution is -0.134. The van der Waals surface area contributed by atoms with Crippen LogP contribution in [0.2, 0.25) is 18.1 Å². The average Bonchev–Trinajstić information content (AvgIpc) is 3.60. The van der Waals surface area contributed by atoms with Crippen LogP contribution in [0.25, 0.3) is 0 Å². The lowest BCUT2D eigenvalue weighted by atomic mass is 9.85. The van der Waals surface area contributed by atoms with Crippen LogP contribution in [0, 0.1) is 17.6 Å². The summed E-state index contributed by atoms with van der Waals surface area (Å²) >= 11 is 0. The fourth-order valence-electron chi connectivity index (χ4n) is 6.33. The average molecular weight is 790 g/mol. The molecule has 57 heavy (non-hydrogen) atoms. The molecule has 6 rings (SSSR count). The number of imide groups is 1. The molecule has 0 spiro atoms. The zero-order valence-electron chi connectivity index (χ0n) is 33.0. The second kappa shape index (κ2) is 18.0. The van der Waals surface area contributed by atoms with E-state index in [2.05, 4.69) is 39.2 Å². The van der Waals surface area contributed by atoms with Gasteiger partial charge in [-0.15, -0.1) is 5.16 Å². The van der Waals surface area contributed by atoms with Crippen molar-refractivity contribution in [2.75, 3.05) is 11.9 Å². The third-order valence-electron chi connectivity index (χ3n) is 10.7. The summed E-state index contributed by atoms with van der Waals surface area (Å²) in [7, 11) is -2.38. The molecule has 5 aromatic carbocycles. The largest absolute Gasteiger partial charge is 0.489 e. The van der Waals surface area contributed by atoms with Crippen LogP contribution >= 0.6 is 0 Å². The van der Waals surface area contributed by atoms with Gasteiger partial charge in [-0.25, -0.2) is 18.5 Å². The highest BCUT2D eigenvalue weighted by atomic mass is 28.4. The molecule has 0 bridgehead atoms. The highest BCUT2D eigenvalue weighted by Crippen LogP contribution is 2.39. The van der Waals surface area contributed by atoms with Crippen molar-refractivity contribution in [3.63, 3.8) is 0 Å². The number of anilines is 1.